The molecule has 0 aliphatic heterocycles. The average molecular weight is 705 g/mol. The Bertz CT molecular complexity index is 1640. The molecule has 0 saturated carbocycles. The Morgan fingerprint density at radius 3 is 0.868 bits per heavy atom. The quantitative estimate of drug-likeness (QED) is 0.0594. The summed E-state index contributed by atoms with van der Waals surface area (Å²) in [5.41, 5.74) is 9.07. The van der Waals surface area contributed by atoms with Gasteiger partial charge in [0.05, 0.1) is 0 Å². The Morgan fingerprint density at radius 2 is 0.547 bits per heavy atom. The van der Waals surface area contributed by atoms with Crippen molar-refractivity contribution in [2.75, 3.05) is 0 Å². The van der Waals surface area contributed by atoms with Gasteiger partial charge in [0.25, 0.3) is 0 Å². The second-order valence-corrected chi connectivity index (χ2v) is 15.9. The SMILES string of the molecule is CCC(C)c1ccc(C(CC)CCC(CCCCC(CCC(CCC(CC)c2ccccc2)c2ccccc2)c2ccccc2)c2ccccc2)cc1. The van der Waals surface area contributed by atoms with E-state index in [1.807, 2.05) is 0 Å². The largest absolute Gasteiger partial charge is 0.0648 e. The van der Waals surface area contributed by atoms with E-state index in [-0.39, 0.29) is 0 Å². The molecule has 0 aliphatic rings. The van der Waals surface area contributed by atoms with Crippen LogP contribution in [0.4, 0.5) is 0 Å². The summed E-state index contributed by atoms with van der Waals surface area (Å²) < 4.78 is 0. The highest BCUT2D eigenvalue weighted by atomic mass is 14.3. The highest BCUT2D eigenvalue weighted by molar-refractivity contribution is 5.28. The van der Waals surface area contributed by atoms with Gasteiger partial charge in [-0.2, -0.15) is 0 Å². The molecule has 0 saturated heterocycles. The fraction of sp³-hybridized carbons (Fsp3) is 0.434. The van der Waals surface area contributed by atoms with Gasteiger partial charge in [-0.05, 0) is 140 Å². The van der Waals surface area contributed by atoms with Crippen LogP contribution in [0, 0.1) is 0 Å². The van der Waals surface area contributed by atoms with Crippen LogP contribution < -0.4 is 0 Å². The summed E-state index contributed by atoms with van der Waals surface area (Å²) in [7, 11) is 0. The minimum atomic E-state index is 0.598. The van der Waals surface area contributed by atoms with E-state index in [9.17, 15) is 0 Å². The van der Waals surface area contributed by atoms with E-state index in [1.165, 1.54) is 117 Å². The summed E-state index contributed by atoms with van der Waals surface area (Å²) in [4.78, 5) is 0. The number of benzene rings is 5. The highest BCUT2D eigenvalue weighted by Crippen LogP contribution is 2.38. The molecule has 0 N–H and O–H groups in total. The zero-order valence-electron chi connectivity index (χ0n) is 33.5. The summed E-state index contributed by atoms with van der Waals surface area (Å²) in [6, 6.07) is 55.1. The predicted octanol–water partition coefficient (Wildman–Crippen LogP) is 16.1. The summed E-state index contributed by atoms with van der Waals surface area (Å²) in [6.45, 7) is 9.37. The van der Waals surface area contributed by atoms with Crippen LogP contribution in [0.1, 0.15) is 180 Å². The van der Waals surface area contributed by atoms with Gasteiger partial charge in [-0.25, -0.2) is 0 Å². The molecular weight excluding hydrogens is 637 g/mol. The standard InChI is InChI=1S/C53H68/c1-5-42(4)45-34-38-52(39-35-45)44(7-3)32-36-50(47-24-14-9-15-25-47)30-20-21-31-51(48-26-16-10-17-27-48)40-41-53(49-28-18-11-19-29-49)37-33-43(6-2)46-22-12-8-13-23-46/h8-19,22-29,34-35,38-39,42-44,50-51,53H,5-7,20-21,30-33,36-37,40-41H2,1-4H3. The van der Waals surface area contributed by atoms with Crippen LogP contribution in [0.3, 0.4) is 0 Å². The van der Waals surface area contributed by atoms with Crippen molar-refractivity contribution in [1.29, 1.82) is 0 Å². The molecule has 5 rings (SSSR count). The third kappa shape index (κ3) is 12.6. The first kappa shape index (κ1) is 40.3. The van der Waals surface area contributed by atoms with E-state index >= 15 is 0 Å². The lowest BCUT2D eigenvalue weighted by Crippen LogP contribution is -2.08. The average Bonchev–Trinajstić information content (AvgIpc) is 3.23. The number of rotatable bonds is 23. The molecule has 6 unspecified atom stereocenters. The maximum absolute atomic E-state index is 2.42. The lowest BCUT2D eigenvalue weighted by molar-refractivity contribution is 0.434. The van der Waals surface area contributed by atoms with Crippen molar-refractivity contribution < 1.29 is 0 Å². The van der Waals surface area contributed by atoms with Gasteiger partial charge in [-0.15, -0.1) is 0 Å². The molecule has 6 atom stereocenters. The molecule has 0 aliphatic carbocycles. The molecule has 0 radical (unpaired) electrons. The molecule has 0 nitrogen and oxygen atoms in total. The minimum absolute atomic E-state index is 0.598. The van der Waals surface area contributed by atoms with Gasteiger partial charge in [-0.1, -0.05) is 186 Å². The Hall–Kier alpha value is -3.90. The maximum Gasteiger partial charge on any atom is -0.0162 e. The van der Waals surface area contributed by atoms with E-state index in [2.05, 4.69) is 173 Å². The lowest BCUT2D eigenvalue weighted by atomic mass is 9.80. The first-order chi connectivity index (χ1) is 26.1. The van der Waals surface area contributed by atoms with Crippen LogP contribution in [0.2, 0.25) is 0 Å². The zero-order valence-corrected chi connectivity index (χ0v) is 33.5. The van der Waals surface area contributed by atoms with Crippen molar-refractivity contribution in [2.24, 2.45) is 0 Å². The van der Waals surface area contributed by atoms with E-state index in [4.69, 9.17) is 0 Å². The van der Waals surface area contributed by atoms with Crippen molar-refractivity contribution in [3.63, 3.8) is 0 Å². The molecule has 0 aromatic heterocycles. The summed E-state index contributed by atoms with van der Waals surface area (Å²) in [5, 5.41) is 0. The Morgan fingerprint density at radius 1 is 0.283 bits per heavy atom. The maximum atomic E-state index is 2.42. The van der Waals surface area contributed by atoms with Gasteiger partial charge in [0.15, 0.2) is 0 Å². The monoisotopic (exact) mass is 705 g/mol. The molecule has 5 aromatic rings. The normalized spacial score (nSPS) is 14.9. The van der Waals surface area contributed by atoms with Crippen LogP contribution in [-0.4, -0.2) is 0 Å². The van der Waals surface area contributed by atoms with Crippen molar-refractivity contribution in [3.05, 3.63) is 179 Å². The fourth-order valence-corrected chi connectivity index (χ4v) is 8.87. The second kappa shape index (κ2) is 22.3. The van der Waals surface area contributed by atoms with E-state index < -0.39 is 0 Å². The van der Waals surface area contributed by atoms with Gasteiger partial charge in [0.1, 0.15) is 0 Å². The lowest BCUT2D eigenvalue weighted by Gasteiger charge is -2.25. The summed E-state index contributed by atoms with van der Waals surface area (Å²) in [6.07, 6.45) is 16.3. The second-order valence-electron chi connectivity index (χ2n) is 15.9. The predicted molar refractivity (Wildman–Crippen MR) is 231 cm³/mol. The van der Waals surface area contributed by atoms with Gasteiger partial charge < -0.3 is 0 Å². The topological polar surface area (TPSA) is 0 Å². The van der Waals surface area contributed by atoms with Crippen molar-refractivity contribution in [2.45, 2.75) is 147 Å². The minimum Gasteiger partial charge on any atom is -0.0648 e. The van der Waals surface area contributed by atoms with Crippen LogP contribution in [0.25, 0.3) is 0 Å². The zero-order chi connectivity index (χ0) is 37.1. The van der Waals surface area contributed by atoms with Gasteiger partial charge in [-0.3, -0.25) is 0 Å². The number of hydrogen-bond acceptors (Lipinski definition) is 0. The fourth-order valence-electron chi connectivity index (χ4n) is 8.87. The Kier molecular flexibility index (Phi) is 17.0. The molecule has 280 valence electrons. The van der Waals surface area contributed by atoms with Crippen LogP contribution in [0.15, 0.2) is 146 Å². The van der Waals surface area contributed by atoms with E-state index in [0.29, 0.717) is 35.5 Å². The van der Waals surface area contributed by atoms with Crippen molar-refractivity contribution in [3.8, 4) is 0 Å². The summed E-state index contributed by atoms with van der Waals surface area (Å²) >= 11 is 0. The molecule has 5 aromatic carbocycles. The van der Waals surface area contributed by atoms with E-state index in [1.54, 1.807) is 0 Å². The van der Waals surface area contributed by atoms with Crippen LogP contribution >= 0.6 is 0 Å². The molecule has 0 spiro atoms. The molecule has 53 heavy (non-hydrogen) atoms. The molecule has 0 fully saturated rings. The van der Waals surface area contributed by atoms with Gasteiger partial charge in [0.2, 0.25) is 0 Å². The first-order valence-electron chi connectivity index (χ1n) is 21.4. The third-order valence-corrected chi connectivity index (χ3v) is 12.6. The Labute approximate surface area is 324 Å². The van der Waals surface area contributed by atoms with Crippen molar-refractivity contribution in [1.82, 2.24) is 0 Å². The van der Waals surface area contributed by atoms with Gasteiger partial charge >= 0.3 is 0 Å². The van der Waals surface area contributed by atoms with E-state index in [0.717, 1.165) is 0 Å². The summed E-state index contributed by atoms with van der Waals surface area (Å²) in [5.74, 6) is 3.73. The van der Waals surface area contributed by atoms with Crippen molar-refractivity contribution >= 4 is 0 Å². The first-order valence-corrected chi connectivity index (χ1v) is 21.4. The smallest absolute Gasteiger partial charge is 0.0162 e. The number of hydrogen-bond donors (Lipinski definition) is 0. The molecule has 0 heteroatoms. The molecule has 0 bridgehead atoms. The highest BCUT2D eigenvalue weighted by Gasteiger charge is 2.21. The molecule has 0 heterocycles. The Balaban J connectivity index is 1.21. The van der Waals surface area contributed by atoms with Crippen LogP contribution in [0.5, 0.6) is 0 Å². The molecule has 0 amide bonds. The molecular formula is C53H68. The number of unbranched alkanes of at least 4 members (excludes halogenated alkanes) is 1. The van der Waals surface area contributed by atoms with Gasteiger partial charge in [0, 0.05) is 0 Å². The third-order valence-electron chi connectivity index (χ3n) is 12.6. The van der Waals surface area contributed by atoms with Crippen LogP contribution in [-0.2, 0) is 0 Å².